The van der Waals surface area contributed by atoms with E-state index in [9.17, 15) is 4.79 Å². The summed E-state index contributed by atoms with van der Waals surface area (Å²) in [4.78, 5) is 11.9. The lowest BCUT2D eigenvalue weighted by atomic mass is 9.98. The lowest BCUT2D eigenvalue weighted by Gasteiger charge is -2.25. The first kappa shape index (κ1) is 15.8. The molecule has 1 amide bonds. The van der Waals surface area contributed by atoms with Crippen molar-refractivity contribution in [3.63, 3.8) is 0 Å². The highest BCUT2D eigenvalue weighted by molar-refractivity contribution is 5.94. The maximum absolute atomic E-state index is 11.9. The molecule has 1 rings (SSSR count). The fourth-order valence-corrected chi connectivity index (χ4v) is 1.70. The number of carbonyl (C=O) groups excluding carboxylic acids is 1. The lowest BCUT2D eigenvalue weighted by Crippen LogP contribution is -2.43. The molecule has 0 bridgehead atoms. The van der Waals surface area contributed by atoms with Crippen molar-refractivity contribution in [1.29, 1.82) is 0 Å². The van der Waals surface area contributed by atoms with Gasteiger partial charge in [0.1, 0.15) is 0 Å². The van der Waals surface area contributed by atoms with Crippen LogP contribution >= 0.6 is 12.4 Å². The molecule has 0 saturated heterocycles. The number of anilines is 1. The highest BCUT2D eigenvalue weighted by Crippen LogP contribution is 2.13. The first-order chi connectivity index (χ1) is 7.44. The molecule has 0 radical (unpaired) electrons. The topological polar surface area (TPSA) is 55.1 Å². The van der Waals surface area contributed by atoms with Crippen LogP contribution in [-0.4, -0.2) is 11.4 Å². The number of hydrogen-bond acceptors (Lipinski definition) is 2. The molecular weight excluding hydrogens is 236 g/mol. The quantitative estimate of drug-likeness (QED) is 0.814. The van der Waals surface area contributed by atoms with Gasteiger partial charge in [-0.25, -0.2) is 0 Å². The van der Waals surface area contributed by atoms with Gasteiger partial charge in [-0.1, -0.05) is 13.3 Å². The van der Waals surface area contributed by atoms with Gasteiger partial charge in [-0.15, -0.1) is 12.4 Å². The van der Waals surface area contributed by atoms with Gasteiger partial charge < -0.3 is 11.1 Å². The molecule has 1 aromatic carbocycles. The maximum Gasteiger partial charge on any atom is 0.251 e. The van der Waals surface area contributed by atoms with E-state index < -0.39 is 0 Å². The molecular formula is C13H21ClN2O. The monoisotopic (exact) mass is 256 g/mol. The van der Waals surface area contributed by atoms with E-state index in [-0.39, 0.29) is 23.9 Å². The summed E-state index contributed by atoms with van der Waals surface area (Å²) >= 11 is 0. The van der Waals surface area contributed by atoms with Crippen molar-refractivity contribution < 1.29 is 4.79 Å². The normalized spacial score (nSPS) is 10.5. The minimum absolute atomic E-state index is 0. The number of rotatable bonds is 4. The number of halogens is 1. The number of amides is 1. The smallest absolute Gasteiger partial charge is 0.251 e. The number of nitrogen functional groups attached to an aromatic ring is 1. The Labute approximate surface area is 109 Å². The molecule has 0 aromatic heterocycles. The van der Waals surface area contributed by atoms with Crippen LogP contribution in [0.25, 0.3) is 0 Å². The van der Waals surface area contributed by atoms with Gasteiger partial charge in [0, 0.05) is 16.8 Å². The SMILES string of the molecule is CCCC(C)(C)NC(=O)c1ccc(N)cc1.Cl. The number of hydrogen-bond donors (Lipinski definition) is 2. The van der Waals surface area contributed by atoms with Gasteiger partial charge >= 0.3 is 0 Å². The minimum Gasteiger partial charge on any atom is -0.399 e. The highest BCUT2D eigenvalue weighted by atomic mass is 35.5. The van der Waals surface area contributed by atoms with E-state index in [0.717, 1.165) is 12.8 Å². The molecule has 0 saturated carbocycles. The third kappa shape index (κ3) is 5.09. The summed E-state index contributed by atoms with van der Waals surface area (Å²) in [7, 11) is 0. The fourth-order valence-electron chi connectivity index (χ4n) is 1.70. The molecule has 3 nitrogen and oxygen atoms in total. The summed E-state index contributed by atoms with van der Waals surface area (Å²) < 4.78 is 0. The Morgan fingerprint density at radius 3 is 2.29 bits per heavy atom. The first-order valence-electron chi connectivity index (χ1n) is 5.62. The van der Waals surface area contributed by atoms with Crippen LogP contribution in [0.5, 0.6) is 0 Å². The number of nitrogens with one attached hydrogen (secondary N) is 1. The van der Waals surface area contributed by atoms with Crippen LogP contribution in [0.1, 0.15) is 44.0 Å². The van der Waals surface area contributed by atoms with Crippen molar-refractivity contribution in [3.05, 3.63) is 29.8 Å². The van der Waals surface area contributed by atoms with Crippen LogP contribution < -0.4 is 11.1 Å². The van der Waals surface area contributed by atoms with E-state index in [1.807, 2.05) is 13.8 Å². The zero-order valence-electron chi connectivity index (χ0n) is 10.6. The Bertz CT molecular complexity index is 360. The number of nitrogens with two attached hydrogens (primary N) is 1. The van der Waals surface area contributed by atoms with Crippen LogP contribution in [0.3, 0.4) is 0 Å². The Balaban J connectivity index is 0.00000256. The molecule has 17 heavy (non-hydrogen) atoms. The largest absolute Gasteiger partial charge is 0.399 e. The second-order valence-corrected chi connectivity index (χ2v) is 4.71. The zero-order valence-corrected chi connectivity index (χ0v) is 11.4. The number of benzene rings is 1. The van der Waals surface area contributed by atoms with Gasteiger partial charge in [-0.2, -0.15) is 0 Å². The van der Waals surface area contributed by atoms with E-state index in [1.165, 1.54) is 0 Å². The predicted molar refractivity (Wildman–Crippen MR) is 74.6 cm³/mol. The van der Waals surface area contributed by atoms with Crippen LogP contribution in [0.2, 0.25) is 0 Å². The van der Waals surface area contributed by atoms with E-state index >= 15 is 0 Å². The van der Waals surface area contributed by atoms with Crippen LogP contribution in [0, 0.1) is 0 Å². The molecule has 4 heteroatoms. The predicted octanol–water partition coefficient (Wildman–Crippen LogP) is 3.00. The average Bonchev–Trinajstić information content (AvgIpc) is 2.17. The van der Waals surface area contributed by atoms with Gasteiger partial charge in [0.05, 0.1) is 0 Å². The van der Waals surface area contributed by atoms with Gasteiger partial charge in [0.2, 0.25) is 0 Å². The second-order valence-electron chi connectivity index (χ2n) is 4.71. The second kappa shape index (κ2) is 6.50. The van der Waals surface area contributed by atoms with Crippen LogP contribution in [0.4, 0.5) is 5.69 Å². The first-order valence-corrected chi connectivity index (χ1v) is 5.62. The van der Waals surface area contributed by atoms with Gasteiger partial charge in [-0.3, -0.25) is 4.79 Å². The van der Waals surface area contributed by atoms with Crippen LogP contribution in [0.15, 0.2) is 24.3 Å². The third-order valence-corrected chi connectivity index (χ3v) is 2.50. The van der Waals surface area contributed by atoms with Gasteiger partial charge in [0.25, 0.3) is 5.91 Å². The molecule has 0 aliphatic carbocycles. The highest BCUT2D eigenvalue weighted by Gasteiger charge is 2.19. The summed E-state index contributed by atoms with van der Waals surface area (Å²) in [6.45, 7) is 6.18. The summed E-state index contributed by atoms with van der Waals surface area (Å²) in [5, 5.41) is 3.01. The van der Waals surface area contributed by atoms with Gasteiger partial charge in [0.15, 0.2) is 0 Å². The average molecular weight is 257 g/mol. The number of carbonyl (C=O) groups is 1. The maximum atomic E-state index is 11.9. The summed E-state index contributed by atoms with van der Waals surface area (Å²) in [5.41, 5.74) is 6.73. The Morgan fingerprint density at radius 2 is 1.82 bits per heavy atom. The molecule has 0 aliphatic heterocycles. The lowest BCUT2D eigenvalue weighted by molar-refractivity contribution is 0.0909. The molecule has 0 unspecified atom stereocenters. The molecule has 3 N–H and O–H groups in total. The minimum atomic E-state index is -0.160. The van der Waals surface area contributed by atoms with Crippen molar-refractivity contribution in [2.45, 2.75) is 39.2 Å². The molecule has 96 valence electrons. The Hall–Kier alpha value is -1.22. The van der Waals surface area contributed by atoms with Crippen LogP contribution in [-0.2, 0) is 0 Å². The summed E-state index contributed by atoms with van der Waals surface area (Å²) in [6, 6.07) is 6.96. The molecule has 0 aliphatic rings. The van der Waals surface area contributed by atoms with Gasteiger partial charge in [-0.05, 0) is 44.5 Å². The zero-order chi connectivity index (χ0) is 12.2. The molecule has 0 spiro atoms. The Morgan fingerprint density at radius 1 is 1.29 bits per heavy atom. The Kier molecular flexibility index (Phi) is 6.03. The fraction of sp³-hybridized carbons (Fsp3) is 0.462. The molecule has 0 atom stereocenters. The van der Waals surface area contributed by atoms with Crippen molar-refractivity contribution in [2.75, 3.05) is 5.73 Å². The molecule has 0 heterocycles. The van der Waals surface area contributed by atoms with Crippen molar-refractivity contribution in [1.82, 2.24) is 5.32 Å². The van der Waals surface area contributed by atoms with E-state index in [4.69, 9.17) is 5.73 Å². The third-order valence-electron chi connectivity index (χ3n) is 2.50. The van der Waals surface area contributed by atoms with E-state index in [0.29, 0.717) is 11.3 Å². The van der Waals surface area contributed by atoms with E-state index in [2.05, 4.69) is 12.2 Å². The van der Waals surface area contributed by atoms with Crippen molar-refractivity contribution >= 4 is 24.0 Å². The van der Waals surface area contributed by atoms with Crippen molar-refractivity contribution in [2.24, 2.45) is 0 Å². The molecule has 0 fully saturated rings. The van der Waals surface area contributed by atoms with E-state index in [1.54, 1.807) is 24.3 Å². The standard InChI is InChI=1S/C13H20N2O.ClH/c1-4-9-13(2,3)15-12(16)10-5-7-11(14)8-6-10;/h5-8H,4,9,14H2,1-3H3,(H,15,16);1H. The van der Waals surface area contributed by atoms with Crippen molar-refractivity contribution in [3.8, 4) is 0 Å². The molecule has 1 aromatic rings. The summed E-state index contributed by atoms with van der Waals surface area (Å²) in [6.07, 6.45) is 2.02. The summed E-state index contributed by atoms with van der Waals surface area (Å²) in [5.74, 6) is -0.0431.